The van der Waals surface area contributed by atoms with Gasteiger partial charge in [-0.3, -0.25) is 9.59 Å². The number of hydrogen-bond donors (Lipinski definition) is 0. The van der Waals surface area contributed by atoms with Crippen molar-refractivity contribution in [3.05, 3.63) is 0 Å². The molecule has 0 radical (unpaired) electrons. The molecule has 2 rings (SSSR count). The average molecular weight is 529 g/mol. The van der Waals surface area contributed by atoms with E-state index in [0.29, 0.717) is 0 Å². The zero-order valence-corrected chi connectivity index (χ0v) is 22.8. The van der Waals surface area contributed by atoms with Gasteiger partial charge < -0.3 is 0 Å². The van der Waals surface area contributed by atoms with E-state index >= 15 is 0 Å². The van der Waals surface area contributed by atoms with E-state index in [4.69, 9.17) is 0 Å². The van der Waals surface area contributed by atoms with Crippen LogP contribution in [0.4, 0.5) is 9.59 Å². The summed E-state index contributed by atoms with van der Waals surface area (Å²) in [7, 11) is 6.24. The van der Waals surface area contributed by atoms with Crippen LogP contribution in [0.1, 0.15) is 77.0 Å². The molecule has 4 nitrogen and oxygen atoms in total. The van der Waals surface area contributed by atoms with Gasteiger partial charge in [-0.25, -0.2) is 8.61 Å². The summed E-state index contributed by atoms with van der Waals surface area (Å²) < 4.78 is 4.96. The number of carbonyl (C=O) groups is 2. The van der Waals surface area contributed by atoms with Gasteiger partial charge in [0.25, 0.3) is 8.89 Å². The van der Waals surface area contributed by atoms with Gasteiger partial charge in [-0.05, 0) is 60.1 Å². The van der Waals surface area contributed by atoms with Crippen LogP contribution in [0.25, 0.3) is 0 Å². The molecule has 2 fully saturated rings. The fourth-order valence-corrected chi connectivity index (χ4v) is 9.74. The molecule has 2 aliphatic rings. The van der Waals surface area contributed by atoms with E-state index in [9.17, 15) is 9.59 Å². The molecule has 2 saturated heterocycles. The lowest BCUT2D eigenvalue weighted by molar-refractivity contribution is 0.275. The highest BCUT2D eigenvalue weighted by molar-refractivity contribution is 8.86. The van der Waals surface area contributed by atoms with Crippen LogP contribution in [0.3, 0.4) is 0 Å². The molecule has 174 valence electrons. The summed E-state index contributed by atoms with van der Waals surface area (Å²) in [5, 5.41) is 0. The van der Waals surface area contributed by atoms with E-state index in [2.05, 4.69) is 8.61 Å². The minimum atomic E-state index is 0.234. The standard InChI is InChI=1S/C20H36N2O2S6/c23-19(27-21-13-7-1-2-8-14-21)29-25-17-11-5-6-12-18-26-30-20(24)28-22-15-9-3-4-10-16-22/h1-18H2. The van der Waals surface area contributed by atoms with Crippen LogP contribution in [-0.2, 0) is 0 Å². The second-order valence-electron chi connectivity index (χ2n) is 7.59. The first-order valence-electron chi connectivity index (χ1n) is 11.3. The van der Waals surface area contributed by atoms with Gasteiger partial charge in [-0.15, -0.1) is 0 Å². The number of rotatable bonds is 11. The molecular weight excluding hydrogens is 493 g/mol. The summed E-state index contributed by atoms with van der Waals surface area (Å²) in [5.41, 5.74) is 0. The molecule has 30 heavy (non-hydrogen) atoms. The summed E-state index contributed by atoms with van der Waals surface area (Å²) in [6.45, 7) is 4.22. The SMILES string of the molecule is O=C(SSCCCCCCSSC(=O)SN1CCCCCC1)SN1CCCCCC1. The van der Waals surface area contributed by atoms with E-state index in [-0.39, 0.29) is 8.89 Å². The Morgan fingerprint density at radius 1 is 0.533 bits per heavy atom. The van der Waals surface area contributed by atoms with Crippen molar-refractivity contribution in [2.24, 2.45) is 0 Å². The Kier molecular flexibility index (Phi) is 17.3. The Balaban J connectivity index is 1.34. The summed E-state index contributed by atoms with van der Waals surface area (Å²) in [6, 6.07) is 0. The second kappa shape index (κ2) is 18.7. The van der Waals surface area contributed by atoms with Gasteiger partial charge in [0.05, 0.1) is 0 Å². The summed E-state index contributed by atoms with van der Waals surface area (Å²) >= 11 is 2.85. The van der Waals surface area contributed by atoms with Gasteiger partial charge in [0.1, 0.15) is 0 Å². The molecule has 10 heteroatoms. The normalized spacial score (nSPS) is 19.3. The van der Waals surface area contributed by atoms with E-state index in [0.717, 1.165) is 37.7 Å². The molecule has 0 aromatic rings. The average Bonchev–Trinajstić information content (AvgIpc) is 3.14. The minimum absolute atomic E-state index is 0.234. The van der Waals surface area contributed by atoms with Crippen LogP contribution in [0.15, 0.2) is 0 Å². The molecule has 0 aliphatic carbocycles. The van der Waals surface area contributed by atoms with Crippen LogP contribution in [0.5, 0.6) is 0 Å². The zero-order valence-electron chi connectivity index (χ0n) is 17.9. The van der Waals surface area contributed by atoms with Crippen LogP contribution in [0, 0.1) is 0 Å². The maximum absolute atomic E-state index is 12.1. The third kappa shape index (κ3) is 14.5. The number of carbonyl (C=O) groups excluding carboxylic acids is 2. The van der Waals surface area contributed by atoms with Crippen molar-refractivity contribution in [3.63, 3.8) is 0 Å². The Morgan fingerprint density at radius 2 is 0.900 bits per heavy atom. The lowest BCUT2D eigenvalue weighted by Crippen LogP contribution is -2.17. The Morgan fingerprint density at radius 3 is 1.27 bits per heavy atom. The number of unbranched alkanes of at least 4 members (excludes halogenated alkanes) is 3. The van der Waals surface area contributed by atoms with Crippen molar-refractivity contribution in [2.45, 2.75) is 77.0 Å². The Bertz CT molecular complexity index is 428. The molecule has 0 bridgehead atoms. The molecular formula is C20H36N2O2S6. The van der Waals surface area contributed by atoms with Gasteiger partial charge in [0.15, 0.2) is 0 Å². The quantitative estimate of drug-likeness (QED) is 0.148. The first kappa shape index (κ1) is 27.6. The predicted molar refractivity (Wildman–Crippen MR) is 145 cm³/mol. The van der Waals surface area contributed by atoms with Crippen LogP contribution < -0.4 is 0 Å². The van der Waals surface area contributed by atoms with Crippen molar-refractivity contribution in [3.8, 4) is 0 Å². The van der Waals surface area contributed by atoms with Crippen molar-refractivity contribution in [1.29, 1.82) is 0 Å². The zero-order chi connectivity index (χ0) is 21.3. The fourth-order valence-electron chi connectivity index (χ4n) is 3.36. The first-order valence-corrected chi connectivity index (χ1v) is 17.5. The highest BCUT2D eigenvalue weighted by Gasteiger charge is 2.15. The molecule has 0 atom stereocenters. The smallest absolute Gasteiger partial charge is 0.271 e. The monoisotopic (exact) mass is 528 g/mol. The maximum atomic E-state index is 12.1. The largest absolute Gasteiger partial charge is 0.272 e. The molecule has 2 aliphatic heterocycles. The molecule has 0 aromatic carbocycles. The van der Waals surface area contributed by atoms with Gasteiger partial charge >= 0.3 is 0 Å². The highest BCUT2D eigenvalue weighted by atomic mass is 33.1. The van der Waals surface area contributed by atoms with Crippen molar-refractivity contribution < 1.29 is 9.59 Å². The fraction of sp³-hybridized carbons (Fsp3) is 0.900. The molecule has 2 heterocycles. The van der Waals surface area contributed by atoms with Gasteiger partial charge in [0, 0.05) is 61.6 Å². The number of hydrogen-bond acceptors (Lipinski definition) is 10. The topological polar surface area (TPSA) is 40.6 Å². The van der Waals surface area contributed by atoms with E-state index in [1.807, 2.05) is 0 Å². The molecule has 0 N–H and O–H groups in total. The Hall–Kier alpha value is 1.36. The molecule has 0 spiro atoms. The summed E-state index contributed by atoms with van der Waals surface area (Å²) in [6.07, 6.45) is 14.9. The summed E-state index contributed by atoms with van der Waals surface area (Å²) in [4.78, 5) is 24.1. The predicted octanol–water partition coefficient (Wildman–Crippen LogP) is 8.60. The van der Waals surface area contributed by atoms with Gasteiger partial charge in [0.2, 0.25) is 0 Å². The van der Waals surface area contributed by atoms with E-state index < -0.39 is 0 Å². The number of nitrogens with zero attached hydrogens (tertiary/aromatic N) is 2. The van der Waals surface area contributed by atoms with Crippen molar-refractivity contribution >= 4 is 76.0 Å². The van der Waals surface area contributed by atoms with Crippen LogP contribution >= 0.6 is 67.1 Å². The lowest BCUT2D eigenvalue weighted by Gasteiger charge is -2.16. The minimum Gasteiger partial charge on any atom is -0.272 e. The molecule has 0 unspecified atom stereocenters. The molecule has 0 aromatic heterocycles. The van der Waals surface area contributed by atoms with E-state index in [1.54, 1.807) is 21.6 Å². The second-order valence-corrected chi connectivity index (χ2v) is 15.0. The van der Waals surface area contributed by atoms with Crippen LogP contribution in [0.2, 0.25) is 0 Å². The van der Waals surface area contributed by atoms with E-state index in [1.165, 1.54) is 123 Å². The third-order valence-corrected chi connectivity index (χ3v) is 12.2. The van der Waals surface area contributed by atoms with Crippen molar-refractivity contribution in [1.82, 2.24) is 8.61 Å². The first-order chi connectivity index (χ1) is 14.7. The van der Waals surface area contributed by atoms with Crippen LogP contribution in [-0.4, -0.2) is 55.2 Å². The molecule has 0 saturated carbocycles. The lowest BCUT2D eigenvalue weighted by atomic mass is 10.2. The maximum Gasteiger partial charge on any atom is 0.271 e. The Labute approximate surface area is 207 Å². The highest BCUT2D eigenvalue weighted by Crippen LogP contribution is 2.34. The summed E-state index contributed by atoms with van der Waals surface area (Å²) in [5.74, 6) is 2.09. The third-order valence-electron chi connectivity index (χ3n) is 5.00. The van der Waals surface area contributed by atoms with Gasteiger partial charge in [-0.2, -0.15) is 0 Å². The van der Waals surface area contributed by atoms with Gasteiger partial charge in [-0.1, -0.05) is 60.1 Å². The molecule has 0 amide bonds. The van der Waals surface area contributed by atoms with Crippen molar-refractivity contribution in [2.75, 3.05) is 37.7 Å².